The molecule has 0 aliphatic rings. The number of hydrogen-bond acceptors (Lipinski definition) is 5. The molecule has 0 saturated carbocycles. The first kappa shape index (κ1) is 21.8. The molecular weight excluding hydrogens is 444 g/mol. The van der Waals surface area contributed by atoms with Gasteiger partial charge in [-0.25, -0.2) is 4.98 Å². The van der Waals surface area contributed by atoms with Gasteiger partial charge in [-0.1, -0.05) is 41.9 Å². The highest BCUT2D eigenvalue weighted by molar-refractivity contribution is 7.22. The number of nitrogens with zero attached hydrogens (tertiary/aromatic N) is 4. The number of thiophene rings is 1. The van der Waals surface area contributed by atoms with Crippen molar-refractivity contribution < 1.29 is 4.79 Å². The molecule has 0 unspecified atom stereocenters. The average Bonchev–Trinajstić information content (AvgIpc) is 3.24. The topological polar surface area (TPSA) is 79.0 Å². The molecule has 0 N–H and O–H groups in total. The van der Waals surface area contributed by atoms with E-state index in [9.17, 15) is 9.59 Å². The van der Waals surface area contributed by atoms with Gasteiger partial charge in [0.1, 0.15) is 11.2 Å². The fraction of sp³-hybridized carbons (Fsp3) is 0.167. The van der Waals surface area contributed by atoms with E-state index in [1.54, 1.807) is 18.2 Å². The molecule has 4 aromatic rings. The van der Waals surface area contributed by atoms with Gasteiger partial charge in [0.2, 0.25) is 5.91 Å². The van der Waals surface area contributed by atoms with E-state index in [1.807, 2.05) is 43.3 Å². The van der Waals surface area contributed by atoms with E-state index in [0.717, 1.165) is 16.0 Å². The van der Waals surface area contributed by atoms with Gasteiger partial charge >= 0.3 is 0 Å². The number of halogens is 1. The van der Waals surface area contributed by atoms with Crippen molar-refractivity contribution in [2.24, 2.45) is 0 Å². The maximum Gasteiger partial charge on any atom is 0.271 e. The molecule has 0 aliphatic carbocycles. The van der Waals surface area contributed by atoms with E-state index in [-0.39, 0.29) is 31.0 Å². The number of anilines is 1. The number of rotatable bonds is 6. The maximum absolute atomic E-state index is 13.1. The molecule has 0 fully saturated rings. The smallest absolute Gasteiger partial charge is 0.271 e. The number of carbonyl (C=O) groups is 1. The molecule has 0 radical (unpaired) electrons. The zero-order chi connectivity index (χ0) is 22.7. The first-order valence-electron chi connectivity index (χ1n) is 9.96. The van der Waals surface area contributed by atoms with Crippen molar-refractivity contribution in [1.82, 2.24) is 9.55 Å². The third-order valence-corrected chi connectivity index (χ3v) is 6.65. The summed E-state index contributed by atoms with van der Waals surface area (Å²) in [4.78, 5) is 33.0. The van der Waals surface area contributed by atoms with Gasteiger partial charge in [-0.15, -0.1) is 11.3 Å². The zero-order valence-electron chi connectivity index (χ0n) is 17.3. The molecule has 0 atom stereocenters. The van der Waals surface area contributed by atoms with Crippen LogP contribution in [0.3, 0.4) is 0 Å². The van der Waals surface area contributed by atoms with E-state index in [1.165, 1.54) is 27.1 Å². The Kier molecular flexibility index (Phi) is 6.35. The molecule has 0 spiro atoms. The molecule has 32 heavy (non-hydrogen) atoms. The summed E-state index contributed by atoms with van der Waals surface area (Å²) in [5, 5.41) is 9.61. The largest absolute Gasteiger partial charge is 0.310 e. The minimum Gasteiger partial charge on any atom is -0.310 e. The van der Waals surface area contributed by atoms with Crippen LogP contribution in [0.25, 0.3) is 20.7 Å². The lowest BCUT2D eigenvalue weighted by Crippen LogP contribution is -2.37. The normalized spacial score (nSPS) is 10.8. The van der Waals surface area contributed by atoms with Crippen molar-refractivity contribution in [1.29, 1.82) is 5.26 Å². The molecule has 4 rings (SSSR count). The van der Waals surface area contributed by atoms with Crippen LogP contribution in [0.2, 0.25) is 5.02 Å². The highest BCUT2D eigenvalue weighted by Gasteiger charge is 2.19. The summed E-state index contributed by atoms with van der Waals surface area (Å²) in [6, 6.07) is 19.0. The van der Waals surface area contributed by atoms with Crippen LogP contribution in [0, 0.1) is 18.3 Å². The van der Waals surface area contributed by atoms with Crippen LogP contribution in [-0.4, -0.2) is 22.0 Å². The number of hydrogen-bond donors (Lipinski definition) is 0. The Labute approximate surface area is 193 Å². The van der Waals surface area contributed by atoms with Gasteiger partial charge in [-0.2, -0.15) is 5.26 Å². The SMILES string of the molecule is Cc1cc(N(CCC#N)C(=O)Cn2cnc3cc(-c4ccccc4)sc3c2=O)ccc1Cl. The number of nitriles is 1. The summed E-state index contributed by atoms with van der Waals surface area (Å²) in [6.07, 6.45) is 1.57. The van der Waals surface area contributed by atoms with Gasteiger partial charge in [0, 0.05) is 22.1 Å². The number of aromatic nitrogens is 2. The van der Waals surface area contributed by atoms with Gasteiger partial charge in [0.15, 0.2) is 0 Å². The van der Waals surface area contributed by atoms with Crippen LogP contribution < -0.4 is 10.5 Å². The van der Waals surface area contributed by atoms with Crippen LogP contribution in [0.4, 0.5) is 5.69 Å². The van der Waals surface area contributed by atoms with Crippen molar-refractivity contribution in [2.45, 2.75) is 19.9 Å². The van der Waals surface area contributed by atoms with Gasteiger partial charge < -0.3 is 4.90 Å². The molecule has 2 heterocycles. The lowest BCUT2D eigenvalue weighted by atomic mass is 10.2. The molecule has 0 saturated heterocycles. The minimum atomic E-state index is -0.301. The summed E-state index contributed by atoms with van der Waals surface area (Å²) >= 11 is 7.48. The van der Waals surface area contributed by atoms with E-state index in [0.29, 0.717) is 20.9 Å². The van der Waals surface area contributed by atoms with Crippen LogP contribution in [0.15, 0.2) is 65.7 Å². The molecule has 160 valence electrons. The van der Waals surface area contributed by atoms with E-state index < -0.39 is 0 Å². The number of carbonyl (C=O) groups excluding carboxylic acids is 1. The molecule has 0 bridgehead atoms. The Morgan fingerprint density at radius 2 is 2.00 bits per heavy atom. The van der Waals surface area contributed by atoms with Crippen LogP contribution in [0.1, 0.15) is 12.0 Å². The molecule has 8 heteroatoms. The molecule has 1 amide bonds. The summed E-state index contributed by atoms with van der Waals surface area (Å²) in [6.45, 7) is 1.90. The number of aryl methyl sites for hydroxylation is 1. The second-order valence-corrected chi connectivity index (χ2v) is 8.72. The van der Waals surface area contributed by atoms with Gasteiger partial charge in [0.25, 0.3) is 5.56 Å². The van der Waals surface area contributed by atoms with E-state index in [4.69, 9.17) is 16.9 Å². The predicted octanol–water partition coefficient (Wildman–Crippen LogP) is 5.03. The van der Waals surface area contributed by atoms with Crippen molar-refractivity contribution in [3.8, 4) is 16.5 Å². The van der Waals surface area contributed by atoms with Crippen LogP contribution >= 0.6 is 22.9 Å². The van der Waals surface area contributed by atoms with Crippen LogP contribution in [-0.2, 0) is 11.3 Å². The fourth-order valence-corrected chi connectivity index (χ4v) is 4.57. The maximum atomic E-state index is 13.1. The number of amides is 1. The Morgan fingerprint density at radius 3 is 2.72 bits per heavy atom. The summed E-state index contributed by atoms with van der Waals surface area (Å²) < 4.78 is 1.82. The van der Waals surface area contributed by atoms with E-state index >= 15 is 0 Å². The standard InChI is InChI=1S/C24H19ClN4O2S/c1-16-12-18(8-9-19(16)25)29(11-5-10-26)22(30)14-28-15-27-20-13-21(32-23(20)24(28)31)17-6-3-2-4-7-17/h2-4,6-9,12-13,15H,5,11,14H2,1H3. The molecular formula is C24H19ClN4O2S. The summed E-state index contributed by atoms with van der Waals surface area (Å²) in [5.41, 5.74) is 2.82. The number of fused-ring (bicyclic) bond motifs is 1. The van der Waals surface area contributed by atoms with Crippen LogP contribution in [0.5, 0.6) is 0 Å². The molecule has 6 nitrogen and oxygen atoms in total. The quantitative estimate of drug-likeness (QED) is 0.402. The van der Waals surface area contributed by atoms with Crippen molar-refractivity contribution in [2.75, 3.05) is 11.4 Å². The Hall–Kier alpha value is -3.47. The molecule has 2 aromatic carbocycles. The monoisotopic (exact) mass is 462 g/mol. The Balaban J connectivity index is 1.65. The molecule has 0 aliphatic heterocycles. The Bertz CT molecular complexity index is 1390. The average molecular weight is 463 g/mol. The van der Waals surface area contributed by atoms with Gasteiger partial charge in [-0.05, 0) is 42.3 Å². The van der Waals surface area contributed by atoms with Crippen molar-refractivity contribution >= 4 is 44.7 Å². The van der Waals surface area contributed by atoms with Gasteiger partial charge in [0.05, 0.1) is 24.3 Å². The third-order valence-electron chi connectivity index (χ3n) is 5.07. The first-order chi connectivity index (χ1) is 15.5. The highest BCUT2D eigenvalue weighted by Crippen LogP contribution is 2.30. The molecule has 2 aromatic heterocycles. The third kappa shape index (κ3) is 4.42. The van der Waals surface area contributed by atoms with Gasteiger partial charge in [-0.3, -0.25) is 14.2 Å². The highest BCUT2D eigenvalue weighted by atomic mass is 35.5. The first-order valence-corrected chi connectivity index (χ1v) is 11.2. The Morgan fingerprint density at radius 1 is 1.22 bits per heavy atom. The second kappa shape index (κ2) is 9.35. The second-order valence-electron chi connectivity index (χ2n) is 7.26. The minimum absolute atomic E-state index is 0.172. The fourth-order valence-electron chi connectivity index (χ4n) is 3.39. The predicted molar refractivity (Wildman–Crippen MR) is 128 cm³/mol. The van der Waals surface area contributed by atoms with Crippen molar-refractivity contribution in [3.63, 3.8) is 0 Å². The zero-order valence-corrected chi connectivity index (χ0v) is 18.9. The lowest BCUT2D eigenvalue weighted by Gasteiger charge is -2.23. The van der Waals surface area contributed by atoms with E-state index in [2.05, 4.69) is 11.1 Å². The van der Waals surface area contributed by atoms with Crippen molar-refractivity contribution in [3.05, 3.63) is 81.9 Å². The summed E-state index contributed by atoms with van der Waals surface area (Å²) in [5.74, 6) is -0.301. The lowest BCUT2D eigenvalue weighted by molar-refractivity contribution is -0.119. The number of benzene rings is 2. The summed E-state index contributed by atoms with van der Waals surface area (Å²) in [7, 11) is 0.